The van der Waals surface area contributed by atoms with Crippen molar-refractivity contribution in [2.45, 2.75) is 25.4 Å². The fourth-order valence-electron chi connectivity index (χ4n) is 2.67. The number of hydrogen-bond donors (Lipinski definition) is 2. The topological polar surface area (TPSA) is 75.6 Å². The first-order valence-corrected chi connectivity index (χ1v) is 6.76. The third-order valence-electron chi connectivity index (χ3n) is 3.79. The Morgan fingerprint density at radius 1 is 1.35 bits per heavy atom. The van der Waals surface area contributed by atoms with Gasteiger partial charge >= 0.3 is 5.97 Å². The number of methoxy groups -OCH3 is 1. The molecule has 1 aromatic carbocycles. The number of benzene rings is 1. The van der Waals surface area contributed by atoms with Crippen molar-refractivity contribution < 1.29 is 19.4 Å². The van der Waals surface area contributed by atoms with Gasteiger partial charge in [0.1, 0.15) is 0 Å². The molecular weight excluding hydrogens is 258 g/mol. The molecule has 5 heteroatoms. The first-order chi connectivity index (χ1) is 9.61. The summed E-state index contributed by atoms with van der Waals surface area (Å²) in [6.45, 7) is 0.564. The first-order valence-electron chi connectivity index (χ1n) is 6.76. The van der Waals surface area contributed by atoms with Crippen molar-refractivity contribution in [1.82, 2.24) is 5.32 Å². The summed E-state index contributed by atoms with van der Waals surface area (Å²) in [5.74, 6) is -0.934. The first kappa shape index (κ1) is 14.5. The predicted octanol–water partition coefficient (Wildman–Crippen LogP) is 1.93. The van der Waals surface area contributed by atoms with E-state index in [9.17, 15) is 9.59 Å². The van der Waals surface area contributed by atoms with Crippen LogP contribution in [0.2, 0.25) is 0 Å². The van der Waals surface area contributed by atoms with Gasteiger partial charge < -0.3 is 15.2 Å². The molecule has 0 saturated heterocycles. The summed E-state index contributed by atoms with van der Waals surface area (Å²) in [6.07, 6.45) is 3.41. The Bertz CT molecular complexity index is 500. The van der Waals surface area contributed by atoms with Crippen LogP contribution in [0.15, 0.2) is 24.3 Å². The highest BCUT2D eigenvalue weighted by molar-refractivity contribution is 5.97. The molecule has 5 nitrogen and oxygen atoms in total. The van der Waals surface area contributed by atoms with Gasteiger partial charge in [-0.15, -0.1) is 0 Å². The maximum Gasteiger partial charge on any atom is 0.335 e. The minimum Gasteiger partial charge on any atom is -0.478 e. The normalized spacial score (nSPS) is 21.6. The lowest BCUT2D eigenvalue weighted by molar-refractivity contribution is 0.0683. The van der Waals surface area contributed by atoms with Crippen molar-refractivity contribution in [3.8, 4) is 0 Å². The number of carboxylic acids is 1. The molecule has 0 spiro atoms. The lowest BCUT2D eigenvalue weighted by atomic mass is 10.1. The number of rotatable bonds is 5. The van der Waals surface area contributed by atoms with Crippen molar-refractivity contribution in [1.29, 1.82) is 0 Å². The third-order valence-corrected chi connectivity index (χ3v) is 3.79. The van der Waals surface area contributed by atoms with Gasteiger partial charge in [-0.2, -0.15) is 0 Å². The van der Waals surface area contributed by atoms with Gasteiger partial charge in [-0.05, 0) is 31.0 Å². The molecule has 1 saturated carbocycles. The molecular formula is C15H19NO4. The maximum atomic E-state index is 12.0. The Morgan fingerprint density at radius 2 is 2.10 bits per heavy atom. The van der Waals surface area contributed by atoms with Gasteiger partial charge in [-0.25, -0.2) is 4.79 Å². The molecule has 1 aliphatic carbocycles. The van der Waals surface area contributed by atoms with Gasteiger partial charge in [0, 0.05) is 25.1 Å². The number of carboxylic acid groups (broad SMARTS) is 1. The Morgan fingerprint density at radius 3 is 2.80 bits per heavy atom. The Balaban J connectivity index is 1.95. The second-order valence-corrected chi connectivity index (χ2v) is 5.06. The Hall–Kier alpha value is -1.88. The second kappa shape index (κ2) is 6.52. The average molecular weight is 277 g/mol. The minimum atomic E-state index is -1.03. The average Bonchev–Trinajstić information content (AvgIpc) is 2.92. The van der Waals surface area contributed by atoms with Gasteiger partial charge in [0.05, 0.1) is 11.7 Å². The van der Waals surface area contributed by atoms with Crippen LogP contribution in [0.5, 0.6) is 0 Å². The second-order valence-electron chi connectivity index (χ2n) is 5.06. The number of carbonyl (C=O) groups excluding carboxylic acids is 1. The zero-order chi connectivity index (χ0) is 14.5. The molecule has 0 radical (unpaired) electrons. The van der Waals surface area contributed by atoms with E-state index in [1.807, 2.05) is 0 Å². The molecule has 1 amide bonds. The fourth-order valence-corrected chi connectivity index (χ4v) is 2.67. The Labute approximate surface area is 117 Å². The van der Waals surface area contributed by atoms with Crippen LogP contribution in [0.1, 0.15) is 40.0 Å². The Kier molecular flexibility index (Phi) is 4.74. The molecule has 2 unspecified atom stereocenters. The van der Waals surface area contributed by atoms with Crippen LogP contribution in [0.25, 0.3) is 0 Å². The highest BCUT2D eigenvalue weighted by Crippen LogP contribution is 2.27. The smallest absolute Gasteiger partial charge is 0.335 e. The van der Waals surface area contributed by atoms with Crippen molar-refractivity contribution in [3.63, 3.8) is 0 Å². The molecule has 108 valence electrons. The molecule has 0 heterocycles. The number of carbonyl (C=O) groups is 2. The van der Waals surface area contributed by atoms with Crippen molar-refractivity contribution >= 4 is 11.9 Å². The number of hydrogen-bond acceptors (Lipinski definition) is 3. The van der Waals surface area contributed by atoms with Crippen LogP contribution in [0, 0.1) is 5.92 Å². The quantitative estimate of drug-likeness (QED) is 0.862. The fraction of sp³-hybridized carbons (Fsp3) is 0.467. The molecule has 2 N–H and O–H groups in total. The van der Waals surface area contributed by atoms with E-state index in [0.717, 1.165) is 19.3 Å². The van der Waals surface area contributed by atoms with E-state index >= 15 is 0 Å². The number of aromatic carboxylic acids is 1. The summed E-state index contributed by atoms with van der Waals surface area (Å²) in [5.41, 5.74) is 0.491. The van der Waals surface area contributed by atoms with Crippen molar-refractivity contribution in [2.75, 3.05) is 13.7 Å². The number of nitrogens with one attached hydrogen (secondary N) is 1. The number of ether oxygens (including phenoxy) is 1. The maximum absolute atomic E-state index is 12.0. The zero-order valence-corrected chi connectivity index (χ0v) is 11.5. The minimum absolute atomic E-state index is 0.119. The molecule has 2 rings (SSSR count). The largest absolute Gasteiger partial charge is 0.478 e. The van der Waals surface area contributed by atoms with Crippen LogP contribution in [-0.2, 0) is 4.74 Å². The summed E-state index contributed by atoms with van der Waals surface area (Å²) in [4.78, 5) is 22.9. The van der Waals surface area contributed by atoms with E-state index in [0.29, 0.717) is 18.0 Å². The molecule has 1 fully saturated rings. The molecule has 1 aliphatic rings. The third kappa shape index (κ3) is 3.36. The summed E-state index contributed by atoms with van der Waals surface area (Å²) < 4.78 is 5.38. The summed E-state index contributed by atoms with van der Waals surface area (Å²) in [7, 11) is 1.70. The van der Waals surface area contributed by atoms with E-state index in [1.165, 1.54) is 12.1 Å². The highest BCUT2D eigenvalue weighted by atomic mass is 16.5. The highest BCUT2D eigenvalue weighted by Gasteiger charge is 2.27. The van der Waals surface area contributed by atoms with E-state index in [-0.39, 0.29) is 17.6 Å². The van der Waals surface area contributed by atoms with Crippen LogP contribution in [0.4, 0.5) is 0 Å². The van der Waals surface area contributed by atoms with E-state index in [2.05, 4.69) is 5.32 Å². The predicted molar refractivity (Wildman–Crippen MR) is 73.9 cm³/mol. The molecule has 0 bridgehead atoms. The van der Waals surface area contributed by atoms with Gasteiger partial charge in [0.15, 0.2) is 0 Å². The lowest BCUT2D eigenvalue weighted by Gasteiger charge is -2.18. The van der Waals surface area contributed by atoms with Crippen LogP contribution in [-0.4, -0.2) is 36.7 Å². The summed E-state index contributed by atoms with van der Waals surface area (Å²) in [6, 6.07) is 6.05. The van der Waals surface area contributed by atoms with Gasteiger partial charge in [-0.3, -0.25) is 4.79 Å². The standard InChI is InChI=1S/C15H19NO4/c1-20-13-7-3-6-12(13)9-16-14(17)10-4-2-5-11(8-10)15(18)19/h2,4-5,8,12-13H,3,6-7,9H2,1H3,(H,16,17)(H,18,19). The monoisotopic (exact) mass is 277 g/mol. The molecule has 1 aromatic rings. The lowest BCUT2D eigenvalue weighted by Crippen LogP contribution is -2.33. The summed E-state index contributed by atoms with van der Waals surface area (Å²) in [5, 5.41) is 11.8. The number of amides is 1. The van der Waals surface area contributed by atoms with Gasteiger partial charge in [-0.1, -0.05) is 12.5 Å². The van der Waals surface area contributed by atoms with E-state index in [1.54, 1.807) is 19.2 Å². The van der Waals surface area contributed by atoms with Crippen LogP contribution < -0.4 is 5.32 Å². The molecule has 2 atom stereocenters. The van der Waals surface area contributed by atoms with Crippen molar-refractivity contribution in [3.05, 3.63) is 35.4 Å². The summed E-state index contributed by atoms with van der Waals surface area (Å²) >= 11 is 0. The van der Waals surface area contributed by atoms with E-state index < -0.39 is 5.97 Å². The zero-order valence-electron chi connectivity index (χ0n) is 11.5. The van der Waals surface area contributed by atoms with Crippen LogP contribution >= 0.6 is 0 Å². The van der Waals surface area contributed by atoms with Gasteiger partial charge in [0.25, 0.3) is 5.91 Å². The van der Waals surface area contributed by atoms with Crippen LogP contribution in [0.3, 0.4) is 0 Å². The molecule has 20 heavy (non-hydrogen) atoms. The van der Waals surface area contributed by atoms with Gasteiger partial charge in [0.2, 0.25) is 0 Å². The molecule has 0 aliphatic heterocycles. The molecule has 0 aromatic heterocycles. The SMILES string of the molecule is COC1CCCC1CNC(=O)c1cccc(C(=O)O)c1. The van der Waals surface area contributed by atoms with Crippen molar-refractivity contribution in [2.24, 2.45) is 5.92 Å². The van der Waals surface area contributed by atoms with E-state index in [4.69, 9.17) is 9.84 Å².